The van der Waals surface area contributed by atoms with Crippen LogP contribution in [-0.4, -0.2) is 24.3 Å². The van der Waals surface area contributed by atoms with Crippen LogP contribution < -0.4 is 5.32 Å². The van der Waals surface area contributed by atoms with Crippen LogP contribution in [0.2, 0.25) is 0 Å². The van der Waals surface area contributed by atoms with Gasteiger partial charge in [-0.15, -0.1) is 0 Å². The number of hydrogen-bond donors (Lipinski definition) is 2. The summed E-state index contributed by atoms with van der Waals surface area (Å²) in [6.45, 7) is 4.22. The average Bonchev–Trinajstić information content (AvgIpc) is 2.85. The average molecular weight is 211 g/mol. The number of aliphatic hydroxyl groups is 1. The Labute approximate surface area is 93.5 Å². The molecule has 2 nitrogen and oxygen atoms in total. The number of fused-ring (bicyclic) bond motifs is 2. The number of rotatable bonds is 6. The molecule has 2 heteroatoms. The predicted octanol–water partition coefficient (Wildman–Crippen LogP) is 2.17. The molecule has 0 spiro atoms. The maximum absolute atomic E-state index is 9.42. The van der Waals surface area contributed by atoms with E-state index in [9.17, 15) is 5.11 Å². The van der Waals surface area contributed by atoms with Crippen molar-refractivity contribution in [3.63, 3.8) is 0 Å². The third-order valence-electron chi connectivity index (χ3n) is 4.42. The lowest BCUT2D eigenvalue weighted by atomic mass is 9.89. The lowest BCUT2D eigenvalue weighted by Gasteiger charge is -2.22. The zero-order valence-electron chi connectivity index (χ0n) is 9.91. The zero-order valence-corrected chi connectivity index (χ0v) is 9.91. The molecule has 0 heterocycles. The fourth-order valence-electron chi connectivity index (χ4n) is 3.39. The first-order valence-electron chi connectivity index (χ1n) is 6.68. The first-order chi connectivity index (χ1) is 7.29. The summed E-state index contributed by atoms with van der Waals surface area (Å²) < 4.78 is 0. The fraction of sp³-hybridized carbons (Fsp3) is 1.00. The Morgan fingerprint density at radius 1 is 1.33 bits per heavy atom. The van der Waals surface area contributed by atoms with Gasteiger partial charge in [-0.25, -0.2) is 0 Å². The SMILES string of the molecule is CCC(O)CCNCC1CC2CCC1C2. The van der Waals surface area contributed by atoms with Gasteiger partial charge >= 0.3 is 0 Å². The molecular formula is C13H25NO. The van der Waals surface area contributed by atoms with E-state index in [1.807, 2.05) is 6.92 Å². The van der Waals surface area contributed by atoms with Crippen molar-refractivity contribution < 1.29 is 5.11 Å². The molecule has 2 aliphatic carbocycles. The van der Waals surface area contributed by atoms with Crippen molar-refractivity contribution in [1.82, 2.24) is 5.32 Å². The van der Waals surface area contributed by atoms with Gasteiger partial charge in [-0.1, -0.05) is 13.3 Å². The molecule has 88 valence electrons. The van der Waals surface area contributed by atoms with Crippen LogP contribution in [0.5, 0.6) is 0 Å². The fourth-order valence-corrected chi connectivity index (χ4v) is 3.39. The molecular weight excluding hydrogens is 186 g/mol. The van der Waals surface area contributed by atoms with Crippen molar-refractivity contribution in [3.8, 4) is 0 Å². The van der Waals surface area contributed by atoms with Crippen LogP contribution >= 0.6 is 0 Å². The molecule has 2 N–H and O–H groups in total. The summed E-state index contributed by atoms with van der Waals surface area (Å²) in [5.41, 5.74) is 0. The van der Waals surface area contributed by atoms with Gasteiger partial charge < -0.3 is 10.4 Å². The van der Waals surface area contributed by atoms with Gasteiger partial charge in [-0.2, -0.15) is 0 Å². The number of aliphatic hydroxyl groups excluding tert-OH is 1. The van der Waals surface area contributed by atoms with Crippen molar-refractivity contribution in [2.24, 2.45) is 17.8 Å². The van der Waals surface area contributed by atoms with Gasteiger partial charge in [-0.3, -0.25) is 0 Å². The summed E-state index contributed by atoms with van der Waals surface area (Å²) in [6, 6.07) is 0. The monoisotopic (exact) mass is 211 g/mol. The summed E-state index contributed by atoms with van der Waals surface area (Å²) in [7, 11) is 0. The van der Waals surface area contributed by atoms with Crippen LogP contribution in [0.15, 0.2) is 0 Å². The second-order valence-corrected chi connectivity index (χ2v) is 5.49. The molecule has 4 unspecified atom stereocenters. The van der Waals surface area contributed by atoms with E-state index in [-0.39, 0.29) is 6.10 Å². The molecule has 0 saturated heterocycles. The van der Waals surface area contributed by atoms with Gasteiger partial charge in [0.25, 0.3) is 0 Å². The Hall–Kier alpha value is -0.0800. The molecule has 0 aromatic rings. The molecule has 0 aromatic carbocycles. The highest BCUT2D eigenvalue weighted by Crippen LogP contribution is 2.47. The van der Waals surface area contributed by atoms with E-state index in [1.165, 1.54) is 32.2 Å². The molecule has 2 aliphatic rings. The van der Waals surface area contributed by atoms with Crippen molar-refractivity contribution in [3.05, 3.63) is 0 Å². The number of hydrogen-bond acceptors (Lipinski definition) is 2. The summed E-state index contributed by atoms with van der Waals surface area (Å²) in [4.78, 5) is 0. The molecule has 0 aliphatic heterocycles. The summed E-state index contributed by atoms with van der Waals surface area (Å²) in [5.74, 6) is 3.03. The second-order valence-electron chi connectivity index (χ2n) is 5.49. The maximum Gasteiger partial charge on any atom is 0.0549 e. The largest absolute Gasteiger partial charge is 0.393 e. The maximum atomic E-state index is 9.42. The van der Waals surface area contributed by atoms with Gasteiger partial charge in [-0.05, 0) is 62.9 Å². The van der Waals surface area contributed by atoms with Gasteiger partial charge in [0.15, 0.2) is 0 Å². The molecule has 0 amide bonds. The molecule has 2 rings (SSSR count). The van der Waals surface area contributed by atoms with Crippen LogP contribution in [0.25, 0.3) is 0 Å². The van der Waals surface area contributed by atoms with Gasteiger partial charge in [0.05, 0.1) is 6.10 Å². The molecule has 0 radical (unpaired) electrons. The van der Waals surface area contributed by atoms with Crippen LogP contribution in [0.3, 0.4) is 0 Å². The van der Waals surface area contributed by atoms with Crippen LogP contribution in [-0.2, 0) is 0 Å². The third kappa shape index (κ3) is 2.94. The van der Waals surface area contributed by atoms with E-state index in [0.29, 0.717) is 0 Å². The van der Waals surface area contributed by atoms with Gasteiger partial charge in [0.2, 0.25) is 0 Å². The molecule has 2 fully saturated rings. The lowest BCUT2D eigenvalue weighted by molar-refractivity contribution is 0.158. The highest BCUT2D eigenvalue weighted by molar-refractivity contribution is 4.90. The Morgan fingerprint density at radius 3 is 2.80 bits per heavy atom. The standard InChI is InChI=1S/C13H25NO/c1-2-13(15)5-6-14-9-12-8-10-3-4-11(12)7-10/h10-15H,2-9H2,1H3. The van der Waals surface area contributed by atoms with Crippen molar-refractivity contribution in [1.29, 1.82) is 0 Å². The van der Waals surface area contributed by atoms with E-state index in [1.54, 1.807) is 0 Å². The zero-order chi connectivity index (χ0) is 10.7. The molecule has 15 heavy (non-hydrogen) atoms. The quantitative estimate of drug-likeness (QED) is 0.660. The highest BCUT2D eigenvalue weighted by atomic mass is 16.3. The van der Waals surface area contributed by atoms with Crippen molar-refractivity contribution >= 4 is 0 Å². The van der Waals surface area contributed by atoms with Gasteiger partial charge in [0.1, 0.15) is 0 Å². The predicted molar refractivity (Wildman–Crippen MR) is 62.7 cm³/mol. The van der Waals surface area contributed by atoms with E-state index >= 15 is 0 Å². The first kappa shape index (κ1) is 11.4. The highest BCUT2D eigenvalue weighted by Gasteiger charge is 2.38. The molecule has 2 saturated carbocycles. The second kappa shape index (κ2) is 5.31. The Morgan fingerprint density at radius 2 is 2.20 bits per heavy atom. The Kier molecular flexibility index (Phi) is 4.04. The third-order valence-corrected chi connectivity index (χ3v) is 4.42. The smallest absolute Gasteiger partial charge is 0.0549 e. The summed E-state index contributed by atoms with van der Waals surface area (Å²) in [5, 5.41) is 12.9. The van der Waals surface area contributed by atoms with E-state index in [4.69, 9.17) is 0 Å². The normalized spacial score (nSPS) is 36.0. The minimum absolute atomic E-state index is 0.0995. The molecule has 0 aromatic heterocycles. The van der Waals surface area contributed by atoms with E-state index < -0.39 is 0 Å². The van der Waals surface area contributed by atoms with Crippen LogP contribution in [0.1, 0.15) is 45.4 Å². The van der Waals surface area contributed by atoms with Crippen molar-refractivity contribution in [2.45, 2.75) is 51.6 Å². The van der Waals surface area contributed by atoms with E-state index in [0.717, 1.165) is 37.1 Å². The van der Waals surface area contributed by atoms with E-state index in [2.05, 4.69) is 5.32 Å². The van der Waals surface area contributed by atoms with Crippen LogP contribution in [0, 0.1) is 17.8 Å². The molecule has 2 bridgehead atoms. The minimum atomic E-state index is -0.0995. The Bertz CT molecular complexity index is 195. The Balaban J connectivity index is 1.55. The minimum Gasteiger partial charge on any atom is -0.393 e. The first-order valence-corrected chi connectivity index (χ1v) is 6.68. The lowest BCUT2D eigenvalue weighted by Crippen LogP contribution is -2.28. The molecule has 4 atom stereocenters. The summed E-state index contributed by atoms with van der Waals surface area (Å²) >= 11 is 0. The topological polar surface area (TPSA) is 32.3 Å². The van der Waals surface area contributed by atoms with Crippen molar-refractivity contribution in [2.75, 3.05) is 13.1 Å². The summed E-state index contributed by atoms with van der Waals surface area (Å²) in [6.07, 6.45) is 7.65. The number of nitrogens with one attached hydrogen (secondary N) is 1. The van der Waals surface area contributed by atoms with Gasteiger partial charge in [0, 0.05) is 0 Å². The van der Waals surface area contributed by atoms with Crippen LogP contribution in [0.4, 0.5) is 0 Å².